The highest BCUT2D eigenvalue weighted by atomic mass is 16.5. The molecule has 0 spiro atoms. The number of hydrogen-bond acceptors (Lipinski definition) is 5. The molecule has 0 amide bonds. The largest absolute Gasteiger partial charge is 0.481 e. The van der Waals surface area contributed by atoms with E-state index in [-0.39, 0.29) is 12.4 Å². The van der Waals surface area contributed by atoms with Crippen molar-refractivity contribution >= 4 is 11.9 Å². The quantitative estimate of drug-likeness (QED) is 0.439. The Morgan fingerprint density at radius 3 is 2.50 bits per heavy atom. The van der Waals surface area contributed by atoms with Gasteiger partial charge in [0.25, 0.3) is 0 Å². The lowest BCUT2D eigenvalue weighted by Crippen LogP contribution is -2.15. The molecule has 0 fully saturated rings. The summed E-state index contributed by atoms with van der Waals surface area (Å²) in [5.74, 6) is 5.00. The maximum absolute atomic E-state index is 12.2. The van der Waals surface area contributed by atoms with Crippen LogP contribution in [0.1, 0.15) is 66.9 Å². The number of carbonyl (C=O) groups excluding carboxylic acids is 1. The van der Waals surface area contributed by atoms with Crippen LogP contribution >= 0.6 is 0 Å². The van der Waals surface area contributed by atoms with E-state index in [1.807, 2.05) is 0 Å². The van der Waals surface area contributed by atoms with Gasteiger partial charge in [0.1, 0.15) is 18.6 Å². The van der Waals surface area contributed by atoms with Crippen LogP contribution < -0.4 is 0 Å². The van der Waals surface area contributed by atoms with Gasteiger partial charge in [-0.15, -0.1) is 0 Å². The molecule has 0 saturated carbocycles. The smallest absolute Gasteiger partial charge is 0.306 e. The molecule has 6 heteroatoms. The number of fused-ring (bicyclic) bond motifs is 2. The molecule has 3 rings (SSSR count). The van der Waals surface area contributed by atoms with E-state index >= 15 is 0 Å². The first-order chi connectivity index (χ1) is 12.6. The van der Waals surface area contributed by atoms with Gasteiger partial charge in [-0.25, -0.2) is 0 Å². The maximum Gasteiger partial charge on any atom is 0.306 e. The lowest BCUT2D eigenvalue weighted by atomic mass is 9.97. The highest BCUT2D eigenvalue weighted by Crippen LogP contribution is 2.30. The van der Waals surface area contributed by atoms with Crippen molar-refractivity contribution in [3.05, 3.63) is 47.3 Å². The van der Waals surface area contributed by atoms with E-state index in [4.69, 9.17) is 18.7 Å². The number of rotatable bonds is 8. The molecule has 1 aliphatic rings. The first-order valence-corrected chi connectivity index (χ1v) is 8.68. The number of ether oxygens (including phenoxy) is 1. The average molecular weight is 356 g/mol. The fourth-order valence-corrected chi connectivity index (χ4v) is 2.92. The summed E-state index contributed by atoms with van der Waals surface area (Å²) in [5.41, 5.74) is 3.16. The van der Waals surface area contributed by atoms with Crippen LogP contribution in [0.15, 0.2) is 33.9 Å². The molecule has 0 aromatic carbocycles. The molecule has 0 bridgehead atoms. The van der Waals surface area contributed by atoms with Crippen molar-refractivity contribution in [2.75, 3.05) is 0 Å². The number of carbonyl (C=O) groups is 2. The van der Waals surface area contributed by atoms with Gasteiger partial charge >= 0.3 is 11.9 Å². The zero-order valence-electron chi connectivity index (χ0n) is 14.3. The summed E-state index contributed by atoms with van der Waals surface area (Å²) in [6, 6.07) is 0. The van der Waals surface area contributed by atoms with E-state index in [1.54, 1.807) is 25.1 Å². The SMILES string of the molecule is O=C(O)CCCCCCC(=O)OC1Cc2cocc2C#Cc2cocc21. The number of furan rings is 2. The highest BCUT2D eigenvalue weighted by molar-refractivity contribution is 5.70. The lowest BCUT2D eigenvalue weighted by molar-refractivity contribution is -0.149. The first kappa shape index (κ1) is 17.9. The van der Waals surface area contributed by atoms with E-state index in [0.29, 0.717) is 31.2 Å². The first-order valence-electron chi connectivity index (χ1n) is 8.68. The maximum atomic E-state index is 12.2. The molecule has 0 saturated heterocycles. The topological polar surface area (TPSA) is 89.9 Å². The molecule has 0 radical (unpaired) electrons. The van der Waals surface area contributed by atoms with Gasteiger partial charge in [-0.1, -0.05) is 24.7 Å². The number of aliphatic carboxylic acids is 1. The molecule has 6 nitrogen and oxygen atoms in total. The van der Waals surface area contributed by atoms with Crippen LogP contribution in [0.25, 0.3) is 0 Å². The number of unbranched alkanes of at least 4 members (excludes halogenated alkanes) is 3. The van der Waals surface area contributed by atoms with Crippen molar-refractivity contribution in [3.63, 3.8) is 0 Å². The van der Waals surface area contributed by atoms with Gasteiger partial charge in [0, 0.05) is 30.4 Å². The molecule has 1 N–H and O–H groups in total. The Kier molecular flexibility index (Phi) is 5.80. The van der Waals surface area contributed by atoms with E-state index < -0.39 is 12.1 Å². The Labute approximate surface area is 151 Å². The molecule has 2 aromatic heterocycles. The van der Waals surface area contributed by atoms with Crippen molar-refractivity contribution in [1.82, 2.24) is 0 Å². The number of esters is 1. The normalized spacial score (nSPS) is 15.0. The molecule has 26 heavy (non-hydrogen) atoms. The summed E-state index contributed by atoms with van der Waals surface area (Å²) in [7, 11) is 0. The Hall–Kier alpha value is -2.94. The zero-order chi connectivity index (χ0) is 18.4. The minimum atomic E-state index is -0.786. The summed E-state index contributed by atoms with van der Waals surface area (Å²) in [5, 5.41) is 8.60. The minimum absolute atomic E-state index is 0.170. The van der Waals surface area contributed by atoms with Crippen molar-refractivity contribution in [2.24, 2.45) is 0 Å². The predicted octanol–water partition coefficient (Wildman–Crippen LogP) is 3.84. The second kappa shape index (κ2) is 8.43. The molecule has 1 unspecified atom stereocenters. The van der Waals surface area contributed by atoms with Crippen molar-refractivity contribution in [2.45, 2.75) is 51.0 Å². The van der Waals surface area contributed by atoms with E-state index in [1.165, 1.54) is 0 Å². The van der Waals surface area contributed by atoms with Gasteiger partial charge in [-0.2, -0.15) is 0 Å². The summed E-state index contributed by atoms with van der Waals surface area (Å²) < 4.78 is 16.1. The van der Waals surface area contributed by atoms with Crippen LogP contribution in [0.3, 0.4) is 0 Å². The number of carboxylic acids is 1. The third-order valence-corrected chi connectivity index (χ3v) is 4.31. The summed E-state index contributed by atoms with van der Waals surface area (Å²) in [6.45, 7) is 0. The summed E-state index contributed by atoms with van der Waals surface area (Å²) in [4.78, 5) is 22.7. The van der Waals surface area contributed by atoms with Gasteiger partial charge in [0.05, 0.1) is 23.7 Å². The molecule has 1 aliphatic carbocycles. The van der Waals surface area contributed by atoms with Crippen LogP contribution in [-0.4, -0.2) is 17.0 Å². The standard InChI is InChI=1S/C20H20O6/c21-19(22)5-3-1-2-4-6-20(23)26-18-9-16-12-24-10-14(16)7-8-15-11-25-13-17(15)18/h10-13,18H,1-6,9H2,(H,21,22). The van der Waals surface area contributed by atoms with Crippen LogP contribution in [0.2, 0.25) is 0 Å². The third kappa shape index (κ3) is 4.57. The fourth-order valence-electron chi connectivity index (χ4n) is 2.92. The number of carboxylic acid groups (broad SMARTS) is 1. The molecule has 1 atom stereocenters. The molecule has 0 aliphatic heterocycles. The molecular formula is C20H20O6. The monoisotopic (exact) mass is 356 g/mol. The molecule has 2 aromatic rings. The molecular weight excluding hydrogens is 336 g/mol. The van der Waals surface area contributed by atoms with E-state index in [9.17, 15) is 9.59 Å². The van der Waals surface area contributed by atoms with Crippen LogP contribution in [-0.2, 0) is 20.7 Å². The summed E-state index contributed by atoms with van der Waals surface area (Å²) >= 11 is 0. The van der Waals surface area contributed by atoms with Crippen molar-refractivity contribution < 1.29 is 28.3 Å². The predicted molar refractivity (Wildman–Crippen MR) is 91.3 cm³/mol. The Bertz CT molecular complexity index is 832. The van der Waals surface area contributed by atoms with Crippen LogP contribution in [0.5, 0.6) is 0 Å². The summed E-state index contributed by atoms with van der Waals surface area (Å²) in [6.07, 6.45) is 9.74. The number of hydrogen-bond donors (Lipinski definition) is 1. The minimum Gasteiger partial charge on any atom is -0.481 e. The Balaban J connectivity index is 1.55. The Morgan fingerprint density at radius 2 is 1.69 bits per heavy atom. The zero-order valence-corrected chi connectivity index (χ0v) is 14.3. The second-order valence-corrected chi connectivity index (χ2v) is 6.29. The van der Waals surface area contributed by atoms with Gasteiger partial charge in [0.15, 0.2) is 0 Å². The fraction of sp³-hybridized carbons (Fsp3) is 0.400. The van der Waals surface area contributed by atoms with Crippen molar-refractivity contribution in [3.8, 4) is 11.8 Å². The third-order valence-electron chi connectivity index (χ3n) is 4.31. The van der Waals surface area contributed by atoms with E-state index in [2.05, 4.69) is 11.8 Å². The van der Waals surface area contributed by atoms with Gasteiger partial charge in [-0.05, 0) is 12.8 Å². The highest BCUT2D eigenvalue weighted by Gasteiger charge is 2.24. The average Bonchev–Trinajstić information content (AvgIpc) is 3.22. The van der Waals surface area contributed by atoms with Gasteiger partial charge in [0.2, 0.25) is 0 Å². The van der Waals surface area contributed by atoms with Gasteiger partial charge in [-0.3, -0.25) is 9.59 Å². The van der Waals surface area contributed by atoms with E-state index in [0.717, 1.165) is 29.5 Å². The van der Waals surface area contributed by atoms with Gasteiger partial charge < -0.3 is 18.7 Å². The molecule has 2 heterocycles. The molecule has 136 valence electrons. The van der Waals surface area contributed by atoms with Crippen LogP contribution in [0, 0.1) is 11.8 Å². The lowest BCUT2D eigenvalue weighted by Gasteiger charge is -2.18. The Morgan fingerprint density at radius 1 is 1.00 bits per heavy atom. The second-order valence-electron chi connectivity index (χ2n) is 6.29. The van der Waals surface area contributed by atoms with Crippen molar-refractivity contribution in [1.29, 1.82) is 0 Å². The van der Waals surface area contributed by atoms with Crippen LogP contribution in [0.4, 0.5) is 0 Å².